The van der Waals surface area contributed by atoms with Gasteiger partial charge in [-0.15, -0.1) is 0 Å². The third kappa shape index (κ3) is 23.3. The van der Waals surface area contributed by atoms with Crippen LogP contribution >= 0.6 is 11.8 Å². The van der Waals surface area contributed by atoms with E-state index in [0.29, 0.717) is 88.7 Å². The van der Waals surface area contributed by atoms with Crippen LogP contribution in [0.5, 0.6) is 23.0 Å². The van der Waals surface area contributed by atoms with Crippen LogP contribution in [0.1, 0.15) is 156 Å². The van der Waals surface area contributed by atoms with Crippen molar-refractivity contribution in [2.45, 2.75) is 118 Å². The summed E-state index contributed by atoms with van der Waals surface area (Å²) in [4.78, 5) is 89.7. The molecule has 0 unspecified atom stereocenters. The number of esters is 4. The number of hydrogen-bond donors (Lipinski definition) is 3. The number of amides is 3. The zero-order valence-electron chi connectivity index (χ0n) is 59.1. The molecule has 7 aromatic carbocycles. The van der Waals surface area contributed by atoms with Gasteiger partial charge >= 0.3 is 23.9 Å². The molecule has 0 saturated heterocycles. The fraction of sp³-hybridized carbons (Fsp3) is 0.380. The number of phenols is 1. The first-order chi connectivity index (χ1) is 48.6. The minimum Gasteiger partial charge on any atom is -0.508 e. The highest BCUT2D eigenvalue weighted by molar-refractivity contribution is 6.27. The number of ether oxygens (including phenoxy) is 7. The highest BCUT2D eigenvalue weighted by atomic mass is 35.5. The number of nitrogens with zero attached hydrogens (tertiary/aromatic N) is 4. The molecule has 22 heteroatoms. The Labute approximate surface area is 597 Å². The van der Waals surface area contributed by atoms with Gasteiger partial charge in [0.05, 0.1) is 67.8 Å². The van der Waals surface area contributed by atoms with Crippen molar-refractivity contribution in [1.82, 2.24) is 0 Å². The molecule has 7 aromatic rings. The lowest BCUT2D eigenvalue weighted by Crippen LogP contribution is -2.35. The molecule has 4 N–H and O–H groups in total. The lowest BCUT2D eigenvalue weighted by Gasteiger charge is -2.29. The van der Waals surface area contributed by atoms with Crippen molar-refractivity contribution >= 4 is 76.1 Å². The second-order valence-corrected chi connectivity index (χ2v) is 25.9. The third-order valence-electron chi connectivity index (χ3n) is 18.3. The number of anilines is 4. The maximum atomic E-state index is 13.0. The summed E-state index contributed by atoms with van der Waals surface area (Å²) in [6.07, 6.45) is 11.7. The van der Waals surface area contributed by atoms with E-state index >= 15 is 0 Å². The van der Waals surface area contributed by atoms with Crippen LogP contribution in [0, 0.1) is 35.5 Å². The highest BCUT2D eigenvalue weighted by Crippen LogP contribution is 2.36. The fourth-order valence-electron chi connectivity index (χ4n) is 12.1. The van der Waals surface area contributed by atoms with Gasteiger partial charge in [0.1, 0.15) is 42.8 Å². The van der Waals surface area contributed by atoms with Gasteiger partial charge in [0.15, 0.2) is 0 Å². The first kappa shape index (κ1) is 78.4. The summed E-state index contributed by atoms with van der Waals surface area (Å²) < 4.78 is 37.5. The molecule has 0 aromatic heterocycles. The molecule has 3 amide bonds. The number of nitrogens with two attached hydrogens (primary N) is 1. The lowest BCUT2D eigenvalue weighted by molar-refractivity contribution is -0.124. The maximum Gasteiger partial charge on any atom is 0.340 e. The Hall–Kier alpha value is -9.96. The second kappa shape index (κ2) is 39.7. The smallest absolute Gasteiger partial charge is 0.340 e. The number of nitrogens with one attached hydrogen (secondary N) is 1. The Balaban J connectivity index is 0.000000190. The first-order valence-electron chi connectivity index (χ1n) is 34.0. The van der Waals surface area contributed by atoms with Gasteiger partial charge in [0.25, 0.3) is 0 Å². The Bertz CT molecular complexity index is 3840. The van der Waals surface area contributed by atoms with Crippen LogP contribution in [0.2, 0.25) is 0 Å². The quantitative estimate of drug-likeness (QED) is 0.0198. The molecule has 101 heavy (non-hydrogen) atoms. The van der Waals surface area contributed by atoms with Gasteiger partial charge in [0, 0.05) is 37.5 Å². The Kier molecular flexibility index (Phi) is 30.8. The molecule has 0 atom stereocenters. The van der Waals surface area contributed by atoms with Crippen molar-refractivity contribution in [3.05, 3.63) is 208 Å². The topological polar surface area (TPSA) is 266 Å². The average molecular weight is 1400 g/mol. The van der Waals surface area contributed by atoms with Crippen molar-refractivity contribution < 1.29 is 71.8 Å². The van der Waals surface area contributed by atoms with E-state index in [2.05, 4.69) is 31.6 Å². The van der Waals surface area contributed by atoms with Crippen LogP contribution < -0.4 is 39.7 Å². The van der Waals surface area contributed by atoms with Gasteiger partial charge in [0.2, 0.25) is 17.7 Å². The summed E-state index contributed by atoms with van der Waals surface area (Å²) in [6.45, 7) is 7.83. The van der Waals surface area contributed by atoms with Crippen molar-refractivity contribution in [1.29, 1.82) is 0 Å². The Morgan fingerprint density at radius 2 is 0.752 bits per heavy atom. The number of carbonyl (C=O) groups excluding carboxylic acids is 7. The molecule has 0 spiro atoms. The standard InChI is InChI=1S/C24H29NO4.C23H27NO4.C17H23NO4.C15H15ClN3O3/c1-17-9-11-19(12-10-17)23(26)25(2)22-14-13-20(15-21(22)24(27)28-3)29-16-18-7-5-4-6-8-18;1-16-8-10-18(11-9-16)22(25)24-21-13-12-19(14-20(21)23(26)27-2)28-15-17-6-4-3-5-7-17;1-11-4-6-12(7-5-11)16(20)18(2)15-9-8-13(19)10-14(15)17(21)22-3;1-21-15(20)13-9-12(7-8-14(13)19(16)18-17)22-10-11-5-3-2-4-6-11/h4-8,13-15,17,19H,9-12,16H2,1-3H3;3-7,12-14,16,18H,8-11,15H2,1-2H3,(H,24,25);8-12,19H,4-7H2,1-3H3;2-9H,10,17H2,1H3/q;;;-1. The summed E-state index contributed by atoms with van der Waals surface area (Å²) >= 11 is 5.82. The van der Waals surface area contributed by atoms with E-state index in [4.69, 9.17) is 50.8 Å². The molecule has 10 rings (SSSR count). The van der Waals surface area contributed by atoms with Crippen LogP contribution in [0.25, 0.3) is 5.53 Å². The number of methoxy groups -OCH3 is 4. The molecular formula is C79H94ClN6O15-. The minimum atomic E-state index is -0.567. The third-order valence-corrected chi connectivity index (χ3v) is 18.6. The van der Waals surface area contributed by atoms with Crippen LogP contribution in [0.4, 0.5) is 22.7 Å². The van der Waals surface area contributed by atoms with E-state index in [9.17, 15) is 38.7 Å². The number of halogens is 1. The predicted molar refractivity (Wildman–Crippen MR) is 390 cm³/mol. The van der Waals surface area contributed by atoms with Crippen LogP contribution in [0.15, 0.2) is 164 Å². The summed E-state index contributed by atoms with van der Waals surface area (Å²) in [5.74, 6) is 6.67. The van der Waals surface area contributed by atoms with Crippen molar-refractivity contribution in [3.8, 4) is 23.0 Å². The molecular weight excluding hydrogens is 1310 g/mol. The van der Waals surface area contributed by atoms with Crippen molar-refractivity contribution in [3.63, 3.8) is 0 Å². The molecule has 0 bridgehead atoms. The molecule has 538 valence electrons. The average Bonchev–Trinajstić information content (AvgIpc) is 0.826. The molecule has 3 aliphatic rings. The van der Waals surface area contributed by atoms with Gasteiger partial charge in [-0.1, -0.05) is 112 Å². The number of phenolic OH excluding ortho intramolecular Hbond substituents is 1. The molecule has 3 saturated carbocycles. The monoisotopic (exact) mass is 1400 g/mol. The minimum absolute atomic E-state index is 0.000463. The van der Waals surface area contributed by atoms with Gasteiger partial charge in [-0.05, 0) is 196 Å². The van der Waals surface area contributed by atoms with Crippen LogP contribution in [-0.2, 0) is 53.2 Å². The van der Waals surface area contributed by atoms with E-state index in [1.807, 2.05) is 91.0 Å². The normalized spacial score (nSPS) is 17.5. The Morgan fingerprint density at radius 3 is 1.13 bits per heavy atom. The molecule has 21 nitrogen and oxygen atoms in total. The predicted octanol–water partition coefficient (Wildman–Crippen LogP) is 15.8. The number of hydrogen-bond acceptors (Lipinski definition) is 17. The summed E-state index contributed by atoms with van der Waals surface area (Å²) in [5.41, 5.74) is 9.21. The van der Waals surface area contributed by atoms with Gasteiger partial charge < -0.3 is 69.3 Å². The first-order valence-corrected chi connectivity index (χ1v) is 34.3. The molecule has 3 fully saturated rings. The summed E-state index contributed by atoms with van der Waals surface area (Å²) in [5, 5.41) is 12.5. The van der Waals surface area contributed by atoms with E-state index in [1.165, 1.54) is 51.5 Å². The molecule has 3 aliphatic carbocycles. The maximum absolute atomic E-state index is 13.0. The molecule has 0 heterocycles. The zero-order chi connectivity index (χ0) is 73.0. The van der Waals surface area contributed by atoms with Gasteiger partial charge in [-0.25, -0.2) is 19.2 Å². The second-order valence-electron chi connectivity index (χ2n) is 25.6. The highest BCUT2D eigenvalue weighted by Gasteiger charge is 2.32. The zero-order valence-corrected chi connectivity index (χ0v) is 59.8. The van der Waals surface area contributed by atoms with Crippen LogP contribution in [-0.4, -0.2) is 89.2 Å². The number of carbonyl (C=O) groups is 7. The fourth-order valence-corrected chi connectivity index (χ4v) is 12.3. The number of benzene rings is 7. The van der Waals surface area contributed by atoms with Crippen molar-refractivity contribution in [2.24, 2.45) is 41.4 Å². The largest absolute Gasteiger partial charge is 0.508 e. The lowest BCUT2D eigenvalue weighted by atomic mass is 9.82. The molecule has 0 aliphatic heterocycles. The van der Waals surface area contributed by atoms with Gasteiger partial charge in [-0.3, -0.25) is 14.4 Å². The van der Waals surface area contributed by atoms with E-state index in [-0.39, 0.29) is 52.4 Å². The SMILES string of the molecule is COC(=O)c1cc(O)ccc1N(C)C(=O)C1CCC(C)CC1.COC(=O)c1cc(OCc2ccccc2)ccc1N(C)C(=O)C1CCC(C)CC1.COC(=O)c1cc(OCc2ccccc2)ccc1N(Cl)[N-]N.COC(=O)c1cc(OCc2ccccc2)ccc1NC(=O)C1CCC(C)CC1. The number of aromatic hydroxyl groups is 1. The Morgan fingerprint density at radius 1 is 0.436 bits per heavy atom. The molecule has 0 radical (unpaired) electrons. The van der Waals surface area contributed by atoms with E-state index in [1.54, 1.807) is 73.6 Å². The summed E-state index contributed by atoms with van der Waals surface area (Å²) in [7, 11) is 8.62. The number of rotatable bonds is 21. The van der Waals surface area contributed by atoms with Crippen molar-refractivity contribution in [2.75, 3.05) is 62.2 Å². The summed E-state index contributed by atoms with van der Waals surface area (Å²) in [6, 6.07) is 48.7. The van der Waals surface area contributed by atoms with Crippen LogP contribution in [0.3, 0.4) is 0 Å². The van der Waals surface area contributed by atoms with E-state index < -0.39 is 23.9 Å². The van der Waals surface area contributed by atoms with Gasteiger partial charge in [-0.2, -0.15) is 0 Å². The van der Waals surface area contributed by atoms with E-state index in [0.717, 1.165) is 98.3 Å².